The molecule has 2 aliphatic rings. The van der Waals surface area contributed by atoms with Crippen molar-refractivity contribution in [2.24, 2.45) is 5.92 Å². The normalized spacial score (nSPS) is 27.5. The fraction of sp³-hybridized carbons (Fsp3) is 0.412. The van der Waals surface area contributed by atoms with E-state index in [1.165, 1.54) is 0 Å². The minimum absolute atomic E-state index is 0.0938. The van der Waals surface area contributed by atoms with E-state index in [4.69, 9.17) is 9.26 Å². The SMILES string of the molecule is O=C(c1ccc(-c2ccno2)cc1)C1CC2COCC(C1)N2. The Balaban J connectivity index is 1.50. The van der Waals surface area contributed by atoms with Crippen LogP contribution in [0.5, 0.6) is 0 Å². The summed E-state index contributed by atoms with van der Waals surface area (Å²) in [4.78, 5) is 12.7. The zero-order valence-corrected chi connectivity index (χ0v) is 12.2. The van der Waals surface area contributed by atoms with E-state index >= 15 is 0 Å². The number of hydrogen-bond acceptors (Lipinski definition) is 5. The Hall–Kier alpha value is -1.98. The van der Waals surface area contributed by atoms with Crippen molar-refractivity contribution in [3.63, 3.8) is 0 Å². The van der Waals surface area contributed by atoms with Crippen LogP contribution in [-0.2, 0) is 4.74 Å². The van der Waals surface area contributed by atoms with Crippen LogP contribution in [0.2, 0.25) is 0 Å². The lowest BCUT2D eigenvalue weighted by Crippen LogP contribution is -2.55. The van der Waals surface area contributed by atoms with E-state index in [9.17, 15) is 4.79 Å². The van der Waals surface area contributed by atoms with Crippen LogP contribution < -0.4 is 5.32 Å². The highest BCUT2D eigenvalue weighted by Gasteiger charge is 2.35. The molecule has 3 heterocycles. The molecule has 1 aromatic carbocycles. The van der Waals surface area contributed by atoms with Crippen LogP contribution in [0.4, 0.5) is 0 Å². The molecule has 5 heteroatoms. The minimum Gasteiger partial charge on any atom is -0.378 e. The maximum atomic E-state index is 12.7. The first-order valence-electron chi connectivity index (χ1n) is 7.69. The van der Waals surface area contributed by atoms with E-state index < -0.39 is 0 Å². The average molecular weight is 298 g/mol. The smallest absolute Gasteiger partial charge is 0.166 e. The molecule has 5 nitrogen and oxygen atoms in total. The maximum absolute atomic E-state index is 12.7. The maximum Gasteiger partial charge on any atom is 0.166 e. The number of ether oxygens (including phenoxy) is 1. The molecule has 0 saturated carbocycles. The van der Waals surface area contributed by atoms with Gasteiger partial charge in [-0.15, -0.1) is 0 Å². The molecule has 0 radical (unpaired) electrons. The third kappa shape index (κ3) is 2.58. The average Bonchev–Trinajstić information content (AvgIpc) is 3.08. The van der Waals surface area contributed by atoms with Gasteiger partial charge in [0.2, 0.25) is 0 Å². The van der Waals surface area contributed by atoms with E-state index in [1.807, 2.05) is 30.3 Å². The third-order valence-corrected chi connectivity index (χ3v) is 4.51. The first-order valence-corrected chi connectivity index (χ1v) is 7.69. The summed E-state index contributed by atoms with van der Waals surface area (Å²) in [6.07, 6.45) is 3.34. The molecule has 1 N–H and O–H groups in total. The molecule has 114 valence electrons. The number of Topliss-reactive ketones (excluding diaryl/α,β-unsaturated/α-hetero) is 1. The lowest BCUT2D eigenvalue weighted by molar-refractivity contribution is 0.00953. The van der Waals surface area contributed by atoms with Gasteiger partial charge >= 0.3 is 0 Å². The molecule has 2 aliphatic heterocycles. The van der Waals surface area contributed by atoms with Gasteiger partial charge in [0.15, 0.2) is 11.5 Å². The number of nitrogens with zero attached hydrogens (tertiary/aromatic N) is 1. The van der Waals surface area contributed by atoms with Crippen molar-refractivity contribution in [1.82, 2.24) is 10.5 Å². The van der Waals surface area contributed by atoms with Crippen molar-refractivity contribution in [2.45, 2.75) is 24.9 Å². The summed E-state index contributed by atoms with van der Waals surface area (Å²) in [5, 5.41) is 7.22. The molecular weight excluding hydrogens is 280 g/mol. The molecule has 2 bridgehead atoms. The summed E-state index contributed by atoms with van der Waals surface area (Å²) in [6, 6.07) is 10.0. The summed E-state index contributed by atoms with van der Waals surface area (Å²) in [6.45, 7) is 1.43. The first-order chi connectivity index (χ1) is 10.8. The monoisotopic (exact) mass is 298 g/mol. The molecule has 4 rings (SSSR count). The van der Waals surface area contributed by atoms with Crippen molar-refractivity contribution in [3.05, 3.63) is 42.1 Å². The van der Waals surface area contributed by atoms with Gasteiger partial charge in [0.1, 0.15) is 0 Å². The molecule has 1 aromatic heterocycles. The summed E-state index contributed by atoms with van der Waals surface area (Å²) >= 11 is 0. The predicted octanol–water partition coefficient (Wildman–Crippen LogP) is 2.29. The summed E-state index contributed by atoms with van der Waals surface area (Å²) in [7, 11) is 0. The zero-order chi connectivity index (χ0) is 14.9. The number of morpholine rings is 1. The zero-order valence-electron chi connectivity index (χ0n) is 12.2. The Bertz CT molecular complexity index is 639. The molecular formula is C17H18N2O3. The highest BCUT2D eigenvalue weighted by atomic mass is 16.5. The number of benzene rings is 1. The standard InChI is InChI=1S/C17H18N2O3/c20-17(13-7-14-9-21-10-15(8-13)19-14)12-3-1-11(2-4-12)16-5-6-18-22-16/h1-6,13-15,19H,7-10H2. The van der Waals surface area contributed by atoms with Crippen LogP contribution in [0.1, 0.15) is 23.2 Å². The van der Waals surface area contributed by atoms with Crippen molar-refractivity contribution in [2.75, 3.05) is 13.2 Å². The topological polar surface area (TPSA) is 64.4 Å². The van der Waals surface area contributed by atoms with Gasteiger partial charge in [0, 0.05) is 35.2 Å². The van der Waals surface area contributed by atoms with Crippen molar-refractivity contribution in [1.29, 1.82) is 0 Å². The summed E-state index contributed by atoms with van der Waals surface area (Å²) in [5.41, 5.74) is 1.71. The second kappa shape index (κ2) is 5.66. The number of carbonyl (C=O) groups is 1. The van der Waals surface area contributed by atoms with E-state index in [2.05, 4.69) is 10.5 Å². The van der Waals surface area contributed by atoms with Gasteiger partial charge in [0.25, 0.3) is 0 Å². The number of carbonyl (C=O) groups excluding carboxylic acids is 1. The second-order valence-electron chi connectivity index (χ2n) is 6.08. The van der Waals surface area contributed by atoms with Gasteiger partial charge in [0.05, 0.1) is 19.4 Å². The predicted molar refractivity (Wildman–Crippen MR) is 80.5 cm³/mol. The molecule has 0 spiro atoms. The van der Waals surface area contributed by atoms with Gasteiger partial charge in [-0.3, -0.25) is 4.79 Å². The van der Waals surface area contributed by atoms with Gasteiger partial charge < -0.3 is 14.6 Å². The summed E-state index contributed by atoms with van der Waals surface area (Å²) < 4.78 is 10.7. The number of fused-ring (bicyclic) bond motifs is 2. The molecule has 2 aromatic rings. The summed E-state index contributed by atoms with van der Waals surface area (Å²) in [5.74, 6) is 1.05. The molecule has 2 fully saturated rings. The van der Waals surface area contributed by atoms with Gasteiger partial charge in [-0.25, -0.2) is 0 Å². The molecule has 2 unspecified atom stereocenters. The number of piperidine rings is 1. The molecule has 22 heavy (non-hydrogen) atoms. The van der Waals surface area contributed by atoms with E-state index in [0.717, 1.165) is 24.0 Å². The fourth-order valence-electron chi connectivity index (χ4n) is 3.45. The van der Waals surface area contributed by atoms with Crippen LogP contribution in [-0.4, -0.2) is 36.2 Å². The molecule has 0 amide bonds. The minimum atomic E-state index is 0.0938. The van der Waals surface area contributed by atoms with Gasteiger partial charge in [-0.2, -0.15) is 0 Å². The molecule has 2 atom stereocenters. The van der Waals surface area contributed by atoms with E-state index in [-0.39, 0.29) is 11.7 Å². The number of rotatable bonds is 3. The van der Waals surface area contributed by atoms with Gasteiger partial charge in [-0.1, -0.05) is 29.4 Å². The Morgan fingerprint density at radius 2 is 1.82 bits per heavy atom. The first kappa shape index (κ1) is 13.7. The van der Waals surface area contributed by atoms with Crippen LogP contribution in [0.25, 0.3) is 11.3 Å². The fourth-order valence-corrected chi connectivity index (χ4v) is 3.45. The van der Waals surface area contributed by atoms with Crippen LogP contribution in [0.3, 0.4) is 0 Å². The van der Waals surface area contributed by atoms with Crippen LogP contribution >= 0.6 is 0 Å². The Morgan fingerprint density at radius 3 is 2.45 bits per heavy atom. The van der Waals surface area contributed by atoms with E-state index in [0.29, 0.717) is 31.1 Å². The van der Waals surface area contributed by atoms with Crippen molar-refractivity contribution < 1.29 is 14.1 Å². The molecule has 2 saturated heterocycles. The quantitative estimate of drug-likeness (QED) is 0.881. The van der Waals surface area contributed by atoms with Crippen LogP contribution in [0.15, 0.2) is 41.1 Å². The number of nitrogens with one attached hydrogen (secondary N) is 1. The highest BCUT2D eigenvalue weighted by Crippen LogP contribution is 2.28. The number of aromatic nitrogens is 1. The Labute approximate surface area is 128 Å². The largest absolute Gasteiger partial charge is 0.378 e. The van der Waals surface area contributed by atoms with Crippen molar-refractivity contribution >= 4 is 5.78 Å². The Morgan fingerprint density at radius 1 is 1.09 bits per heavy atom. The highest BCUT2D eigenvalue weighted by molar-refractivity contribution is 5.98. The number of ketones is 1. The second-order valence-corrected chi connectivity index (χ2v) is 6.08. The lowest BCUT2D eigenvalue weighted by atomic mass is 9.82. The Kier molecular flexibility index (Phi) is 3.52. The van der Waals surface area contributed by atoms with E-state index in [1.54, 1.807) is 6.20 Å². The molecule has 0 aliphatic carbocycles. The van der Waals surface area contributed by atoms with Gasteiger partial charge in [-0.05, 0) is 12.8 Å². The van der Waals surface area contributed by atoms with Crippen molar-refractivity contribution in [3.8, 4) is 11.3 Å². The lowest BCUT2D eigenvalue weighted by Gasteiger charge is -2.39. The van der Waals surface area contributed by atoms with Crippen LogP contribution in [0, 0.1) is 5.92 Å². The third-order valence-electron chi connectivity index (χ3n) is 4.51. The number of hydrogen-bond donors (Lipinski definition) is 1.